The Labute approximate surface area is 196 Å². The molecule has 3 rings (SSSR count). The maximum Gasteiger partial charge on any atom is 0.194 e. The van der Waals surface area contributed by atoms with Crippen LogP contribution >= 0.6 is 24.0 Å². The monoisotopic (exact) mass is 527 g/mol. The van der Waals surface area contributed by atoms with Gasteiger partial charge in [-0.05, 0) is 37.3 Å². The molecule has 1 unspecified atom stereocenters. The standard InChI is InChI=1S/C22H33N5O2.HI/c1-4-23-22(24-10-12-29-17-20-7-5-6-8-21(20)28-3)27-11-9-18(16-27)13-19-14-25-26(2)15-19;/h5-8,14-15,18H,4,9-13,16-17H2,1-3H3,(H,23,24);1H. The minimum atomic E-state index is 0. The van der Waals surface area contributed by atoms with Crippen molar-refractivity contribution in [1.82, 2.24) is 20.0 Å². The summed E-state index contributed by atoms with van der Waals surface area (Å²) < 4.78 is 13.1. The first-order chi connectivity index (χ1) is 14.2. The molecular weight excluding hydrogens is 493 g/mol. The van der Waals surface area contributed by atoms with Gasteiger partial charge in [0.2, 0.25) is 0 Å². The third kappa shape index (κ3) is 7.16. The fraction of sp³-hybridized carbons (Fsp3) is 0.545. The van der Waals surface area contributed by atoms with E-state index in [9.17, 15) is 0 Å². The largest absolute Gasteiger partial charge is 0.496 e. The molecule has 1 aromatic heterocycles. The van der Waals surface area contributed by atoms with Crippen molar-refractivity contribution in [1.29, 1.82) is 0 Å². The Bertz CT molecular complexity index is 795. The molecule has 30 heavy (non-hydrogen) atoms. The van der Waals surface area contributed by atoms with E-state index in [1.807, 2.05) is 42.2 Å². The summed E-state index contributed by atoms with van der Waals surface area (Å²) in [7, 11) is 3.65. The van der Waals surface area contributed by atoms with Gasteiger partial charge in [-0.1, -0.05) is 18.2 Å². The molecule has 2 aromatic rings. The van der Waals surface area contributed by atoms with Crippen molar-refractivity contribution in [2.24, 2.45) is 18.0 Å². The van der Waals surface area contributed by atoms with E-state index >= 15 is 0 Å². The van der Waals surface area contributed by atoms with Gasteiger partial charge in [0.1, 0.15) is 5.75 Å². The van der Waals surface area contributed by atoms with Gasteiger partial charge in [0.25, 0.3) is 0 Å². The van der Waals surface area contributed by atoms with Gasteiger partial charge >= 0.3 is 0 Å². The van der Waals surface area contributed by atoms with E-state index in [-0.39, 0.29) is 24.0 Å². The molecular formula is C22H34IN5O2. The van der Waals surface area contributed by atoms with Crippen LogP contribution in [0.4, 0.5) is 0 Å². The number of para-hydroxylation sites is 1. The second-order valence-corrected chi connectivity index (χ2v) is 7.43. The lowest BCUT2D eigenvalue weighted by Gasteiger charge is -2.21. The molecule has 0 radical (unpaired) electrons. The Kier molecular flexibility index (Phi) is 10.4. The first kappa shape index (κ1) is 24.5. The van der Waals surface area contributed by atoms with Crippen molar-refractivity contribution in [3.8, 4) is 5.75 Å². The van der Waals surface area contributed by atoms with Crippen LogP contribution in [0.2, 0.25) is 0 Å². The Balaban J connectivity index is 0.00000320. The number of benzene rings is 1. The van der Waals surface area contributed by atoms with Gasteiger partial charge in [0.15, 0.2) is 5.96 Å². The molecule has 1 saturated heterocycles. The molecule has 8 heteroatoms. The number of ether oxygens (including phenoxy) is 2. The normalized spacial score (nSPS) is 16.4. The average Bonchev–Trinajstić information content (AvgIpc) is 3.36. The first-order valence-electron chi connectivity index (χ1n) is 10.4. The number of halogens is 1. The number of rotatable bonds is 9. The number of aliphatic imine (C=N–C) groups is 1. The summed E-state index contributed by atoms with van der Waals surface area (Å²) in [5.74, 6) is 2.49. The van der Waals surface area contributed by atoms with Crippen LogP contribution in [0.5, 0.6) is 5.75 Å². The number of hydrogen-bond donors (Lipinski definition) is 1. The smallest absolute Gasteiger partial charge is 0.194 e. The zero-order chi connectivity index (χ0) is 20.5. The molecule has 0 bridgehead atoms. The summed E-state index contributed by atoms with van der Waals surface area (Å²) in [5.41, 5.74) is 2.37. The lowest BCUT2D eigenvalue weighted by molar-refractivity contribution is 0.126. The summed E-state index contributed by atoms with van der Waals surface area (Å²) in [5, 5.41) is 7.70. The number of aromatic nitrogens is 2. The van der Waals surface area contributed by atoms with Crippen LogP contribution in [0, 0.1) is 5.92 Å². The van der Waals surface area contributed by atoms with E-state index in [0.717, 1.165) is 43.3 Å². The predicted molar refractivity (Wildman–Crippen MR) is 131 cm³/mol. The lowest BCUT2D eigenvalue weighted by atomic mass is 10.0. The third-order valence-corrected chi connectivity index (χ3v) is 5.15. The van der Waals surface area contributed by atoms with Crippen LogP contribution < -0.4 is 10.1 Å². The highest BCUT2D eigenvalue weighted by Gasteiger charge is 2.25. The highest BCUT2D eigenvalue weighted by molar-refractivity contribution is 14.0. The fourth-order valence-corrected chi connectivity index (χ4v) is 3.75. The highest BCUT2D eigenvalue weighted by atomic mass is 127. The molecule has 0 spiro atoms. The quantitative estimate of drug-likeness (QED) is 0.235. The fourth-order valence-electron chi connectivity index (χ4n) is 3.75. The molecule has 0 saturated carbocycles. The van der Waals surface area contributed by atoms with Gasteiger partial charge in [-0.25, -0.2) is 0 Å². The molecule has 1 aromatic carbocycles. The molecule has 1 N–H and O–H groups in total. The second kappa shape index (κ2) is 12.8. The van der Waals surface area contributed by atoms with Crippen molar-refractivity contribution in [3.63, 3.8) is 0 Å². The first-order valence-corrected chi connectivity index (χ1v) is 10.4. The summed E-state index contributed by atoms with van der Waals surface area (Å²) in [6.45, 7) is 6.80. The van der Waals surface area contributed by atoms with Crippen LogP contribution in [0.3, 0.4) is 0 Å². The number of hydrogen-bond acceptors (Lipinski definition) is 4. The van der Waals surface area contributed by atoms with Crippen LogP contribution in [0.25, 0.3) is 0 Å². The molecule has 0 aliphatic carbocycles. The van der Waals surface area contributed by atoms with Crippen LogP contribution in [-0.4, -0.2) is 60.5 Å². The molecule has 1 atom stereocenters. The minimum Gasteiger partial charge on any atom is -0.496 e. The summed E-state index contributed by atoms with van der Waals surface area (Å²) in [6, 6.07) is 7.94. The third-order valence-electron chi connectivity index (χ3n) is 5.15. The van der Waals surface area contributed by atoms with Crippen molar-refractivity contribution in [2.45, 2.75) is 26.4 Å². The van der Waals surface area contributed by atoms with Gasteiger partial charge < -0.3 is 19.7 Å². The Hall–Kier alpha value is -1.81. The minimum absolute atomic E-state index is 0. The molecule has 0 amide bonds. The van der Waals surface area contributed by atoms with E-state index in [1.165, 1.54) is 12.0 Å². The Morgan fingerprint density at radius 3 is 2.90 bits per heavy atom. The van der Waals surface area contributed by atoms with Crippen molar-refractivity contribution in [2.75, 3.05) is 39.9 Å². The van der Waals surface area contributed by atoms with Crippen LogP contribution in [0.1, 0.15) is 24.5 Å². The molecule has 166 valence electrons. The van der Waals surface area contributed by atoms with Gasteiger partial charge in [-0.3, -0.25) is 9.67 Å². The van der Waals surface area contributed by atoms with E-state index in [2.05, 4.69) is 28.4 Å². The van der Waals surface area contributed by atoms with Crippen LogP contribution in [-0.2, 0) is 24.8 Å². The van der Waals surface area contributed by atoms with E-state index in [4.69, 9.17) is 14.5 Å². The molecule has 7 nitrogen and oxygen atoms in total. The van der Waals surface area contributed by atoms with E-state index < -0.39 is 0 Å². The lowest BCUT2D eigenvalue weighted by Crippen LogP contribution is -2.40. The van der Waals surface area contributed by atoms with Crippen molar-refractivity contribution < 1.29 is 9.47 Å². The Morgan fingerprint density at radius 1 is 1.33 bits per heavy atom. The van der Waals surface area contributed by atoms with Gasteiger partial charge in [0.05, 0.1) is 33.1 Å². The number of likely N-dealkylation sites (tertiary alicyclic amines) is 1. The molecule has 1 aliphatic rings. The number of methoxy groups -OCH3 is 1. The van der Waals surface area contributed by atoms with Gasteiger partial charge in [-0.2, -0.15) is 5.10 Å². The number of nitrogens with one attached hydrogen (secondary N) is 1. The number of nitrogens with zero attached hydrogens (tertiary/aromatic N) is 4. The van der Waals surface area contributed by atoms with E-state index in [1.54, 1.807) is 7.11 Å². The second-order valence-electron chi connectivity index (χ2n) is 7.43. The molecule has 2 heterocycles. The van der Waals surface area contributed by atoms with Gasteiger partial charge in [-0.15, -0.1) is 24.0 Å². The number of aryl methyl sites for hydroxylation is 1. The van der Waals surface area contributed by atoms with Crippen LogP contribution in [0.15, 0.2) is 41.7 Å². The molecule has 1 aliphatic heterocycles. The average molecular weight is 527 g/mol. The summed E-state index contributed by atoms with van der Waals surface area (Å²) in [4.78, 5) is 7.14. The van der Waals surface area contributed by atoms with E-state index in [0.29, 0.717) is 25.7 Å². The zero-order valence-corrected chi connectivity index (χ0v) is 20.5. The summed E-state index contributed by atoms with van der Waals surface area (Å²) in [6.07, 6.45) is 6.34. The maximum atomic E-state index is 5.81. The maximum absolute atomic E-state index is 5.81. The Morgan fingerprint density at radius 2 is 2.17 bits per heavy atom. The van der Waals surface area contributed by atoms with Crippen molar-refractivity contribution in [3.05, 3.63) is 47.8 Å². The van der Waals surface area contributed by atoms with Crippen molar-refractivity contribution >= 4 is 29.9 Å². The SMILES string of the molecule is CCNC(=NCCOCc1ccccc1OC)N1CCC(Cc2cnn(C)c2)C1.I. The topological polar surface area (TPSA) is 63.9 Å². The zero-order valence-electron chi connectivity index (χ0n) is 18.2. The molecule has 1 fully saturated rings. The summed E-state index contributed by atoms with van der Waals surface area (Å²) >= 11 is 0. The highest BCUT2D eigenvalue weighted by Crippen LogP contribution is 2.21. The predicted octanol–water partition coefficient (Wildman–Crippen LogP) is 3.09. The number of guanidine groups is 1. The van der Waals surface area contributed by atoms with Gasteiger partial charge in [0, 0.05) is 38.4 Å².